The second-order valence-electron chi connectivity index (χ2n) is 7.43. The molecule has 0 bridgehead atoms. The molecule has 1 amide bonds. The van der Waals surface area contributed by atoms with Gasteiger partial charge in [0.25, 0.3) is 5.91 Å². The number of carbonyl (C=O) groups excluding carboxylic acids is 1. The van der Waals surface area contributed by atoms with Crippen LogP contribution >= 0.6 is 11.8 Å². The second-order valence-corrected chi connectivity index (χ2v) is 10.6. The molecule has 0 unspecified atom stereocenters. The Labute approximate surface area is 206 Å². The topological polar surface area (TPSA) is 131 Å². The minimum absolute atomic E-state index is 0.0263. The van der Waals surface area contributed by atoms with Crippen LogP contribution in [0.2, 0.25) is 0 Å². The SMILES string of the molecule is COc1cc(/C=C2/C(=N)N3N=C(S(C)(=O)=O)SC3=NC2=O)ccc1OCCCOc1ccccc1. The van der Waals surface area contributed by atoms with Crippen LogP contribution in [0.25, 0.3) is 6.08 Å². The lowest BCUT2D eigenvalue weighted by Crippen LogP contribution is -2.35. The number of amides is 1. The molecule has 2 aromatic rings. The van der Waals surface area contributed by atoms with Gasteiger partial charge in [0.05, 0.1) is 25.9 Å². The standard InChI is InChI=1S/C23H22N4O6S2/c1-31-19-14-15(9-10-18(19)33-12-6-11-32-16-7-4-3-5-8-16)13-17-20(24)27-22(25-21(17)28)34-23(26-27)35(2,29)30/h3-5,7-10,13-14,24H,6,11-12H2,1-2H3/b17-13-,24-20?. The van der Waals surface area contributed by atoms with Gasteiger partial charge in [-0.25, -0.2) is 8.42 Å². The highest BCUT2D eigenvalue weighted by Gasteiger charge is 2.38. The molecule has 35 heavy (non-hydrogen) atoms. The molecule has 0 radical (unpaired) electrons. The van der Waals surface area contributed by atoms with Crippen LogP contribution < -0.4 is 14.2 Å². The van der Waals surface area contributed by atoms with Crippen molar-refractivity contribution in [1.29, 1.82) is 5.41 Å². The van der Waals surface area contributed by atoms with Crippen molar-refractivity contribution in [2.45, 2.75) is 6.42 Å². The zero-order chi connectivity index (χ0) is 25.0. The Morgan fingerprint density at radius 1 is 1.09 bits per heavy atom. The first-order valence-electron chi connectivity index (χ1n) is 10.5. The van der Waals surface area contributed by atoms with Crippen LogP contribution in [0.5, 0.6) is 17.2 Å². The van der Waals surface area contributed by atoms with Crippen molar-refractivity contribution in [2.24, 2.45) is 10.1 Å². The van der Waals surface area contributed by atoms with Crippen LogP contribution in [0.15, 0.2) is 64.2 Å². The summed E-state index contributed by atoms with van der Waals surface area (Å²) in [6.07, 6.45) is 3.15. The number of aliphatic imine (C=N–C) groups is 1. The molecule has 12 heteroatoms. The van der Waals surface area contributed by atoms with Crippen molar-refractivity contribution >= 4 is 49.0 Å². The quantitative estimate of drug-likeness (QED) is 0.420. The molecule has 0 aromatic heterocycles. The maximum absolute atomic E-state index is 12.5. The predicted molar refractivity (Wildman–Crippen MR) is 135 cm³/mol. The average molecular weight is 515 g/mol. The van der Waals surface area contributed by atoms with Gasteiger partial charge in [0.1, 0.15) is 5.75 Å². The highest BCUT2D eigenvalue weighted by Crippen LogP contribution is 2.32. The number of hydrogen-bond donors (Lipinski definition) is 1. The third-order valence-electron chi connectivity index (χ3n) is 4.81. The second kappa shape index (κ2) is 10.3. The minimum atomic E-state index is -3.59. The van der Waals surface area contributed by atoms with Gasteiger partial charge in [0.2, 0.25) is 19.4 Å². The fourth-order valence-corrected chi connectivity index (χ4v) is 4.82. The molecule has 2 aromatic carbocycles. The summed E-state index contributed by atoms with van der Waals surface area (Å²) < 4.78 is 40.2. The largest absolute Gasteiger partial charge is 0.493 e. The number of amidine groups is 2. The average Bonchev–Trinajstić information content (AvgIpc) is 3.27. The highest BCUT2D eigenvalue weighted by atomic mass is 32.3. The van der Waals surface area contributed by atoms with Gasteiger partial charge in [0.15, 0.2) is 17.3 Å². The van der Waals surface area contributed by atoms with Crippen LogP contribution in [0.3, 0.4) is 0 Å². The van der Waals surface area contributed by atoms with Gasteiger partial charge < -0.3 is 14.2 Å². The number of thioether (sulfide) groups is 1. The van der Waals surface area contributed by atoms with Gasteiger partial charge in [0, 0.05) is 12.7 Å². The molecule has 182 valence electrons. The Bertz CT molecular complexity index is 1350. The number of methoxy groups -OCH3 is 1. The highest BCUT2D eigenvalue weighted by molar-refractivity contribution is 8.42. The van der Waals surface area contributed by atoms with Crippen molar-refractivity contribution in [3.63, 3.8) is 0 Å². The molecule has 10 nitrogen and oxygen atoms in total. The number of hydrazone groups is 1. The number of fused-ring (bicyclic) bond motifs is 1. The number of sulfone groups is 1. The molecule has 2 aliphatic heterocycles. The number of carbonyl (C=O) groups is 1. The van der Waals surface area contributed by atoms with E-state index in [1.807, 2.05) is 30.3 Å². The van der Waals surface area contributed by atoms with Crippen LogP contribution in [0.4, 0.5) is 0 Å². The number of rotatable bonds is 8. The van der Waals surface area contributed by atoms with E-state index in [1.54, 1.807) is 18.2 Å². The third kappa shape index (κ3) is 5.72. The Balaban J connectivity index is 1.43. The summed E-state index contributed by atoms with van der Waals surface area (Å²) in [5.74, 6) is 0.863. The van der Waals surface area contributed by atoms with Crippen LogP contribution in [-0.2, 0) is 14.6 Å². The third-order valence-corrected chi connectivity index (χ3v) is 7.39. The Morgan fingerprint density at radius 3 is 2.54 bits per heavy atom. The minimum Gasteiger partial charge on any atom is -0.493 e. The molecule has 4 rings (SSSR count). The maximum Gasteiger partial charge on any atom is 0.283 e. The fraction of sp³-hybridized carbons (Fsp3) is 0.217. The monoisotopic (exact) mass is 514 g/mol. The molecular formula is C23H22N4O6S2. The van der Waals surface area contributed by atoms with Gasteiger partial charge in [-0.2, -0.15) is 10.0 Å². The van der Waals surface area contributed by atoms with E-state index < -0.39 is 15.7 Å². The van der Waals surface area contributed by atoms with Gasteiger partial charge in [-0.1, -0.05) is 24.3 Å². The van der Waals surface area contributed by atoms with Crippen molar-refractivity contribution in [3.8, 4) is 17.2 Å². The number of nitrogens with one attached hydrogen (secondary N) is 1. The zero-order valence-electron chi connectivity index (χ0n) is 18.9. The van der Waals surface area contributed by atoms with Gasteiger partial charge in [-0.15, -0.1) is 5.10 Å². The van der Waals surface area contributed by atoms with Crippen molar-refractivity contribution in [2.75, 3.05) is 26.6 Å². The lowest BCUT2D eigenvalue weighted by Gasteiger charge is -2.20. The summed E-state index contributed by atoms with van der Waals surface area (Å²) in [7, 11) is -2.09. The van der Waals surface area contributed by atoms with Gasteiger partial charge in [-0.3, -0.25) is 10.2 Å². The number of hydrogen-bond acceptors (Lipinski definition) is 9. The van der Waals surface area contributed by atoms with Crippen molar-refractivity contribution < 1.29 is 27.4 Å². The van der Waals surface area contributed by atoms with Crippen LogP contribution in [0.1, 0.15) is 12.0 Å². The summed E-state index contributed by atoms with van der Waals surface area (Å²) in [6, 6.07) is 14.6. The Morgan fingerprint density at radius 2 is 1.83 bits per heavy atom. The first-order valence-corrected chi connectivity index (χ1v) is 13.2. The lowest BCUT2D eigenvalue weighted by molar-refractivity contribution is -0.114. The maximum atomic E-state index is 12.5. The van der Waals surface area contributed by atoms with Crippen molar-refractivity contribution in [3.05, 3.63) is 59.7 Å². The van der Waals surface area contributed by atoms with E-state index in [2.05, 4.69) is 10.1 Å². The number of nitrogens with zero attached hydrogens (tertiary/aromatic N) is 3. The number of benzene rings is 2. The summed E-state index contributed by atoms with van der Waals surface area (Å²) >= 11 is 0.739. The molecule has 2 aliphatic rings. The molecule has 1 N–H and O–H groups in total. The predicted octanol–water partition coefficient (Wildman–Crippen LogP) is 3.16. The Kier molecular flexibility index (Phi) is 7.22. The first-order chi connectivity index (χ1) is 16.8. The zero-order valence-corrected chi connectivity index (χ0v) is 20.6. The van der Waals surface area contributed by atoms with Crippen LogP contribution in [-0.4, -0.2) is 61.3 Å². The smallest absolute Gasteiger partial charge is 0.283 e. The molecule has 0 aliphatic carbocycles. The summed E-state index contributed by atoms with van der Waals surface area (Å²) in [5, 5.41) is 13.4. The molecule has 0 fully saturated rings. The fourth-order valence-electron chi connectivity index (χ4n) is 3.13. The molecule has 0 saturated heterocycles. The van der Waals surface area contributed by atoms with Crippen molar-refractivity contribution in [1.82, 2.24) is 5.01 Å². The molecular weight excluding hydrogens is 492 g/mol. The van der Waals surface area contributed by atoms with Crippen LogP contribution in [0, 0.1) is 5.41 Å². The number of ether oxygens (including phenoxy) is 3. The number of para-hydroxylation sites is 1. The summed E-state index contributed by atoms with van der Waals surface area (Å²) in [5.41, 5.74) is 0.550. The lowest BCUT2D eigenvalue weighted by atomic mass is 10.1. The van der Waals surface area contributed by atoms with E-state index >= 15 is 0 Å². The van der Waals surface area contributed by atoms with E-state index in [1.165, 1.54) is 13.2 Å². The van der Waals surface area contributed by atoms with E-state index in [4.69, 9.17) is 19.6 Å². The van der Waals surface area contributed by atoms with Gasteiger partial charge >= 0.3 is 0 Å². The van der Waals surface area contributed by atoms with E-state index in [0.29, 0.717) is 36.7 Å². The van der Waals surface area contributed by atoms with E-state index in [9.17, 15) is 13.2 Å². The van der Waals surface area contributed by atoms with Gasteiger partial charge in [-0.05, 0) is 47.7 Å². The van der Waals surface area contributed by atoms with E-state index in [-0.39, 0.29) is 21.0 Å². The summed E-state index contributed by atoms with van der Waals surface area (Å²) in [6.45, 7) is 0.916. The molecule has 0 atom stereocenters. The normalized spacial score (nSPS) is 16.6. The molecule has 0 spiro atoms. The Hall–Kier alpha value is -3.64. The molecule has 2 heterocycles. The summed E-state index contributed by atoms with van der Waals surface area (Å²) in [4.78, 5) is 16.4. The van der Waals surface area contributed by atoms with E-state index in [0.717, 1.165) is 28.8 Å². The molecule has 0 saturated carbocycles. The first kappa shape index (κ1) is 24.5.